The minimum absolute atomic E-state index is 0.00143. The second-order valence-electron chi connectivity index (χ2n) is 6.64. The van der Waals surface area contributed by atoms with Crippen molar-refractivity contribution in [2.75, 3.05) is 18.1 Å². The molecule has 3 N–H and O–H groups in total. The Morgan fingerprint density at radius 3 is 2.47 bits per heavy atom. The topological polar surface area (TPSA) is 138 Å². The first-order chi connectivity index (χ1) is 14.0. The SMILES string of the molecule is COc1cc(Cl)ccc1-c1c(CN)c(NS(C)(=O)=O)nc2c1c(=O)n(C)c(=O)n2C. The van der Waals surface area contributed by atoms with Gasteiger partial charge in [0.25, 0.3) is 5.56 Å². The lowest BCUT2D eigenvalue weighted by molar-refractivity contribution is 0.416. The summed E-state index contributed by atoms with van der Waals surface area (Å²) in [4.78, 5) is 29.8. The van der Waals surface area contributed by atoms with Gasteiger partial charge in [0.2, 0.25) is 10.0 Å². The van der Waals surface area contributed by atoms with E-state index in [1.807, 2.05) is 0 Å². The van der Waals surface area contributed by atoms with Crippen LogP contribution >= 0.6 is 11.6 Å². The zero-order chi connectivity index (χ0) is 22.4. The summed E-state index contributed by atoms with van der Waals surface area (Å²) in [6.45, 7) is -0.145. The summed E-state index contributed by atoms with van der Waals surface area (Å²) in [7, 11) is 0.484. The van der Waals surface area contributed by atoms with Crippen LogP contribution in [-0.2, 0) is 30.7 Å². The molecule has 3 aromatic rings. The molecule has 10 nitrogen and oxygen atoms in total. The molecule has 0 aliphatic carbocycles. The van der Waals surface area contributed by atoms with Gasteiger partial charge in [-0.15, -0.1) is 0 Å². The van der Waals surface area contributed by atoms with Crippen molar-refractivity contribution in [2.24, 2.45) is 19.8 Å². The number of aromatic nitrogens is 3. The minimum Gasteiger partial charge on any atom is -0.496 e. The lowest BCUT2D eigenvalue weighted by atomic mass is 9.96. The summed E-state index contributed by atoms with van der Waals surface area (Å²) in [6, 6.07) is 4.78. The van der Waals surface area contributed by atoms with Crippen LogP contribution in [0.5, 0.6) is 5.75 Å². The number of halogens is 1. The Morgan fingerprint density at radius 1 is 1.23 bits per heavy atom. The molecule has 0 aliphatic rings. The van der Waals surface area contributed by atoms with Crippen LogP contribution in [0.3, 0.4) is 0 Å². The minimum atomic E-state index is -3.73. The van der Waals surface area contributed by atoms with Crippen molar-refractivity contribution in [3.05, 3.63) is 49.6 Å². The summed E-state index contributed by atoms with van der Waals surface area (Å²) in [5.74, 6) is 0.258. The molecule has 0 atom stereocenters. The van der Waals surface area contributed by atoms with Crippen LogP contribution in [0.1, 0.15) is 5.56 Å². The summed E-state index contributed by atoms with van der Waals surface area (Å²) < 4.78 is 33.7. The Balaban J connectivity index is 2.66. The maximum atomic E-state index is 13.1. The average Bonchev–Trinajstić information content (AvgIpc) is 2.68. The van der Waals surface area contributed by atoms with E-state index in [0.29, 0.717) is 21.9 Å². The number of sulfonamides is 1. The van der Waals surface area contributed by atoms with E-state index in [0.717, 1.165) is 15.4 Å². The Hall–Kier alpha value is -2.89. The molecule has 1 aromatic carbocycles. The molecule has 12 heteroatoms. The predicted octanol–water partition coefficient (Wildman–Crippen LogP) is 0.791. The normalized spacial score (nSPS) is 11.7. The van der Waals surface area contributed by atoms with Crippen molar-refractivity contribution in [3.8, 4) is 16.9 Å². The number of aryl methyl sites for hydroxylation is 1. The molecular formula is C18H20ClN5O5S. The Bertz CT molecular complexity index is 1400. The molecule has 0 radical (unpaired) electrons. The van der Waals surface area contributed by atoms with Gasteiger partial charge in [-0.2, -0.15) is 0 Å². The van der Waals surface area contributed by atoms with Crippen molar-refractivity contribution in [2.45, 2.75) is 6.54 Å². The summed E-state index contributed by atoms with van der Waals surface area (Å²) in [6.07, 6.45) is 0.963. The third-order valence-corrected chi connectivity index (χ3v) is 5.41. The third kappa shape index (κ3) is 3.66. The molecule has 30 heavy (non-hydrogen) atoms. The van der Waals surface area contributed by atoms with E-state index in [1.165, 1.54) is 21.2 Å². The van der Waals surface area contributed by atoms with E-state index in [2.05, 4.69) is 9.71 Å². The van der Waals surface area contributed by atoms with Gasteiger partial charge < -0.3 is 10.5 Å². The number of benzene rings is 1. The lowest BCUT2D eigenvalue weighted by Crippen LogP contribution is -2.38. The number of nitrogens with zero attached hydrogens (tertiary/aromatic N) is 3. The number of rotatable bonds is 5. The molecule has 0 saturated heterocycles. The van der Waals surface area contributed by atoms with Gasteiger partial charge in [0, 0.05) is 42.4 Å². The number of pyridine rings is 1. The van der Waals surface area contributed by atoms with Gasteiger partial charge in [-0.05, 0) is 18.2 Å². The number of nitrogens with two attached hydrogens (primary N) is 1. The van der Waals surface area contributed by atoms with Gasteiger partial charge >= 0.3 is 5.69 Å². The third-order valence-electron chi connectivity index (χ3n) is 4.61. The Labute approximate surface area is 176 Å². The molecule has 0 bridgehead atoms. The number of nitrogens with one attached hydrogen (secondary N) is 1. The maximum absolute atomic E-state index is 13.1. The van der Waals surface area contributed by atoms with E-state index < -0.39 is 21.3 Å². The summed E-state index contributed by atoms with van der Waals surface area (Å²) >= 11 is 6.08. The van der Waals surface area contributed by atoms with Gasteiger partial charge in [0.05, 0.1) is 18.8 Å². The van der Waals surface area contributed by atoms with Crippen LogP contribution in [0.4, 0.5) is 5.82 Å². The lowest BCUT2D eigenvalue weighted by Gasteiger charge is -2.19. The molecule has 0 amide bonds. The zero-order valence-corrected chi connectivity index (χ0v) is 18.3. The van der Waals surface area contributed by atoms with Crippen LogP contribution in [-0.4, -0.2) is 35.9 Å². The van der Waals surface area contributed by atoms with Crippen molar-refractivity contribution in [3.63, 3.8) is 0 Å². The molecule has 0 aliphatic heterocycles. The number of hydrogen-bond donors (Lipinski definition) is 2. The van der Waals surface area contributed by atoms with Crippen molar-refractivity contribution >= 4 is 38.5 Å². The first-order valence-electron chi connectivity index (χ1n) is 8.64. The van der Waals surface area contributed by atoms with Gasteiger partial charge in [-0.25, -0.2) is 18.2 Å². The molecule has 160 valence electrons. The largest absolute Gasteiger partial charge is 0.496 e. The van der Waals surface area contributed by atoms with Gasteiger partial charge in [-0.1, -0.05) is 11.6 Å². The van der Waals surface area contributed by atoms with Crippen LogP contribution in [0.25, 0.3) is 22.2 Å². The number of ether oxygens (including phenoxy) is 1. The van der Waals surface area contributed by atoms with E-state index in [9.17, 15) is 18.0 Å². The molecule has 0 spiro atoms. The van der Waals surface area contributed by atoms with Crippen LogP contribution in [0.2, 0.25) is 5.02 Å². The second kappa shape index (κ2) is 7.74. The molecule has 2 aromatic heterocycles. The van der Waals surface area contributed by atoms with Crippen LogP contribution in [0, 0.1) is 0 Å². The molecule has 0 saturated carbocycles. The first-order valence-corrected chi connectivity index (χ1v) is 10.9. The fourth-order valence-electron chi connectivity index (χ4n) is 3.25. The summed E-state index contributed by atoms with van der Waals surface area (Å²) in [5.41, 5.74) is 5.76. The number of anilines is 1. The molecule has 2 heterocycles. The van der Waals surface area contributed by atoms with Gasteiger partial charge in [-0.3, -0.25) is 18.7 Å². The zero-order valence-electron chi connectivity index (χ0n) is 16.7. The smallest absolute Gasteiger partial charge is 0.332 e. The second-order valence-corrected chi connectivity index (χ2v) is 8.83. The van der Waals surface area contributed by atoms with E-state index >= 15 is 0 Å². The Kier molecular flexibility index (Phi) is 5.63. The molecule has 0 fully saturated rings. The number of hydrogen-bond acceptors (Lipinski definition) is 7. The van der Waals surface area contributed by atoms with Crippen molar-refractivity contribution in [1.29, 1.82) is 0 Å². The monoisotopic (exact) mass is 453 g/mol. The highest BCUT2D eigenvalue weighted by Gasteiger charge is 2.24. The van der Waals surface area contributed by atoms with Gasteiger partial charge in [0.1, 0.15) is 11.6 Å². The molecule has 3 rings (SSSR count). The highest BCUT2D eigenvalue weighted by molar-refractivity contribution is 7.92. The first kappa shape index (κ1) is 21.8. The van der Waals surface area contributed by atoms with Crippen molar-refractivity contribution < 1.29 is 13.2 Å². The fraction of sp³-hybridized carbons (Fsp3) is 0.278. The fourth-order valence-corrected chi connectivity index (χ4v) is 3.94. The van der Waals surface area contributed by atoms with E-state index in [1.54, 1.807) is 18.2 Å². The predicted molar refractivity (Wildman–Crippen MR) is 116 cm³/mol. The maximum Gasteiger partial charge on any atom is 0.332 e. The molecular weight excluding hydrogens is 434 g/mol. The van der Waals surface area contributed by atoms with Gasteiger partial charge in [0.15, 0.2) is 5.65 Å². The number of methoxy groups -OCH3 is 1. The van der Waals surface area contributed by atoms with E-state index in [-0.39, 0.29) is 29.0 Å². The van der Waals surface area contributed by atoms with E-state index in [4.69, 9.17) is 22.1 Å². The van der Waals surface area contributed by atoms with Crippen LogP contribution < -0.4 is 26.4 Å². The number of fused-ring (bicyclic) bond motifs is 1. The molecule has 0 unspecified atom stereocenters. The van der Waals surface area contributed by atoms with Crippen LogP contribution in [0.15, 0.2) is 27.8 Å². The quantitative estimate of drug-likeness (QED) is 0.582. The standard InChI is InChI=1S/C18H20ClN5O5S/c1-23-16-14(17(25)24(2)18(23)26)13(10-6-5-9(19)7-12(10)29-3)11(8-20)15(21-16)22-30(4,27)28/h5-7H,8,20H2,1-4H3,(H,21,22). The van der Waals surface area contributed by atoms with Crippen molar-refractivity contribution in [1.82, 2.24) is 14.1 Å². The Morgan fingerprint density at radius 2 is 1.90 bits per heavy atom. The average molecular weight is 454 g/mol. The summed E-state index contributed by atoms with van der Waals surface area (Å²) in [5, 5.41) is 0.498. The highest BCUT2D eigenvalue weighted by Crippen LogP contribution is 2.39. The highest BCUT2D eigenvalue weighted by atomic mass is 35.5.